The molecule has 2 rings (SSSR count). The number of ether oxygens (including phenoxy) is 2. The van der Waals surface area contributed by atoms with Crippen molar-refractivity contribution >= 4 is 36.0 Å². The van der Waals surface area contributed by atoms with Crippen LogP contribution >= 0.6 is 12.4 Å². The summed E-state index contributed by atoms with van der Waals surface area (Å²) in [5.41, 5.74) is 0.437. The smallest absolute Gasteiger partial charge is 0.325 e. The lowest BCUT2D eigenvalue weighted by Crippen LogP contribution is -2.45. The number of carbonyl (C=O) groups is 3. The quantitative estimate of drug-likeness (QED) is 0.568. The highest BCUT2D eigenvalue weighted by Gasteiger charge is 2.18. The highest BCUT2D eigenvalue weighted by atomic mass is 35.5. The molecule has 0 saturated carbocycles. The molecule has 0 radical (unpaired) electrons. The second-order valence-corrected chi connectivity index (χ2v) is 5.13. The number of halogens is 1. The number of rotatable bonds is 7. The van der Waals surface area contributed by atoms with E-state index < -0.39 is 23.9 Å². The molecule has 10 heteroatoms. The second kappa shape index (κ2) is 9.70. The monoisotopic (exact) mass is 373 g/mol. The zero-order chi connectivity index (χ0) is 17.5. The highest BCUT2D eigenvalue weighted by molar-refractivity contribution is 6.02. The molecule has 1 atom stereocenters. The number of hydrogen-bond donors (Lipinski definition) is 4. The predicted octanol–water partition coefficient (Wildman–Crippen LogP) is 1.33. The third-order valence-electron chi connectivity index (χ3n) is 3.27. The van der Waals surface area contributed by atoms with Gasteiger partial charge in [-0.15, -0.1) is 12.4 Å². The van der Waals surface area contributed by atoms with Gasteiger partial charge < -0.3 is 19.9 Å². The third kappa shape index (κ3) is 6.12. The fourth-order valence-corrected chi connectivity index (χ4v) is 2.12. The zero-order valence-corrected chi connectivity index (χ0v) is 14.4. The molecular formula is C15H20ClN3O6. The van der Waals surface area contributed by atoms with Crippen LogP contribution in [-0.2, 0) is 9.59 Å². The van der Waals surface area contributed by atoms with Gasteiger partial charge in [-0.1, -0.05) is 13.3 Å². The summed E-state index contributed by atoms with van der Waals surface area (Å²) in [5, 5.41) is 16.2. The summed E-state index contributed by atoms with van der Waals surface area (Å²) >= 11 is 0. The summed E-state index contributed by atoms with van der Waals surface area (Å²) in [4.78, 5) is 34.4. The van der Waals surface area contributed by atoms with E-state index >= 15 is 0 Å². The standard InChI is InChI=1S/C15H19N3O6.ClH/c1-2-3-10(14(20)21)16-7-13(19)18-15(22)17-9-4-5-11-12(6-9)24-8-23-11;/h4-6,10,16H,2-3,7-8H2,1H3,(H,20,21)(H2,17,18,19,22);1H. The fourth-order valence-electron chi connectivity index (χ4n) is 2.12. The number of anilines is 1. The van der Waals surface area contributed by atoms with E-state index in [0.717, 1.165) is 0 Å². The van der Waals surface area contributed by atoms with Gasteiger partial charge in [0.1, 0.15) is 6.04 Å². The fraction of sp³-hybridized carbons (Fsp3) is 0.400. The van der Waals surface area contributed by atoms with Gasteiger partial charge in [0.25, 0.3) is 0 Å². The molecule has 0 saturated heterocycles. The maximum absolute atomic E-state index is 11.8. The Morgan fingerprint density at radius 1 is 1.24 bits per heavy atom. The Balaban J connectivity index is 0.00000312. The first-order valence-corrected chi connectivity index (χ1v) is 7.46. The van der Waals surface area contributed by atoms with Gasteiger partial charge in [-0.2, -0.15) is 0 Å². The number of amides is 3. The van der Waals surface area contributed by atoms with Gasteiger partial charge in [0.05, 0.1) is 6.54 Å². The largest absolute Gasteiger partial charge is 0.480 e. The van der Waals surface area contributed by atoms with Crippen molar-refractivity contribution in [3.05, 3.63) is 18.2 Å². The number of imide groups is 1. The lowest BCUT2D eigenvalue weighted by Gasteiger charge is -2.13. The van der Waals surface area contributed by atoms with Crippen LogP contribution in [0.15, 0.2) is 18.2 Å². The molecule has 0 aliphatic carbocycles. The first kappa shape index (κ1) is 20.5. The van der Waals surface area contributed by atoms with Crippen LogP contribution in [0, 0.1) is 0 Å². The molecule has 25 heavy (non-hydrogen) atoms. The molecule has 138 valence electrons. The Morgan fingerprint density at radius 2 is 1.96 bits per heavy atom. The van der Waals surface area contributed by atoms with Crippen LogP contribution in [-0.4, -0.2) is 42.4 Å². The molecule has 1 aromatic rings. The van der Waals surface area contributed by atoms with Gasteiger partial charge in [0, 0.05) is 11.8 Å². The normalized spacial score (nSPS) is 12.7. The number of fused-ring (bicyclic) bond motifs is 1. The first-order valence-electron chi connectivity index (χ1n) is 7.46. The summed E-state index contributed by atoms with van der Waals surface area (Å²) < 4.78 is 10.3. The maximum Gasteiger partial charge on any atom is 0.325 e. The SMILES string of the molecule is CCCC(NCC(=O)NC(=O)Nc1ccc2c(c1)OCO2)C(=O)O.Cl. The number of hydrogen-bond acceptors (Lipinski definition) is 6. The zero-order valence-electron chi connectivity index (χ0n) is 13.5. The molecule has 0 aromatic heterocycles. The van der Waals surface area contributed by atoms with Crippen molar-refractivity contribution < 1.29 is 29.0 Å². The minimum Gasteiger partial charge on any atom is -0.480 e. The number of carboxylic acid groups (broad SMARTS) is 1. The molecule has 3 amide bonds. The lowest BCUT2D eigenvalue weighted by atomic mass is 10.2. The average molecular weight is 374 g/mol. The van der Waals surface area contributed by atoms with Crippen molar-refractivity contribution in [2.24, 2.45) is 0 Å². The van der Waals surface area contributed by atoms with Gasteiger partial charge in [-0.25, -0.2) is 4.79 Å². The number of carbonyl (C=O) groups excluding carboxylic acids is 2. The summed E-state index contributed by atoms with van der Waals surface area (Å²) in [6.07, 6.45) is 1.06. The first-order chi connectivity index (χ1) is 11.5. The number of nitrogens with one attached hydrogen (secondary N) is 3. The lowest BCUT2D eigenvalue weighted by molar-refractivity contribution is -0.139. The topological polar surface area (TPSA) is 126 Å². The predicted molar refractivity (Wildman–Crippen MR) is 91.3 cm³/mol. The molecular weight excluding hydrogens is 354 g/mol. The molecule has 0 fully saturated rings. The summed E-state index contributed by atoms with van der Waals surface area (Å²) in [7, 11) is 0. The maximum atomic E-state index is 11.8. The van der Waals surface area contributed by atoms with E-state index in [-0.39, 0.29) is 25.7 Å². The van der Waals surface area contributed by atoms with Crippen molar-refractivity contribution in [1.82, 2.24) is 10.6 Å². The van der Waals surface area contributed by atoms with Crippen LogP contribution in [0.3, 0.4) is 0 Å². The van der Waals surface area contributed by atoms with Gasteiger partial charge >= 0.3 is 12.0 Å². The molecule has 0 bridgehead atoms. The van der Waals surface area contributed by atoms with Gasteiger partial charge in [0.2, 0.25) is 12.7 Å². The molecule has 1 aliphatic heterocycles. The van der Waals surface area contributed by atoms with Crippen molar-refractivity contribution in [3.63, 3.8) is 0 Å². The van der Waals surface area contributed by atoms with E-state index in [9.17, 15) is 14.4 Å². The molecule has 9 nitrogen and oxygen atoms in total. The Labute approximate surface area is 150 Å². The van der Waals surface area contributed by atoms with Crippen LogP contribution in [0.5, 0.6) is 11.5 Å². The van der Waals surface area contributed by atoms with Crippen molar-refractivity contribution in [3.8, 4) is 11.5 Å². The van der Waals surface area contributed by atoms with Crippen LogP contribution in [0.1, 0.15) is 19.8 Å². The molecule has 4 N–H and O–H groups in total. The highest BCUT2D eigenvalue weighted by Crippen LogP contribution is 2.34. The van der Waals surface area contributed by atoms with Crippen molar-refractivity contribution in [2.45, 2.75) is 25.8 Å². The second-order valence-electron chi connectivity index (χ2n) is 5.13. The van der Waals surface area contributed by atoms with E-state index in [4.69, 9.17) is 14.6 Å². The van der Waals surface area contributed by atoms with Crippen molar-refractivity contribution in [2.75, 3.05) is 18.7 Å². The Bertz CT molecular complexity index is 640. The Morgan fingerprint density at radius 3 is 2.64 bits per heavy atom. The van der Waals surface area contributed by atoms with Gasteiger partial charge in [-0.05, 0) is 18.6 Å². The number of urea groups is 1. The number of carboxylic acids is 1. The minimum atomic E-state index is -1.03. The third-order valence-corrected chi connectivity index (χ3v) is 3.27. The Hall–Kier alpha value is -2.52. The minimum absolute atomic E-state index is 0. The number of benzene rings is 1. The number of aliphatic carboxylic acids is 1. The van der Waals surface area contributed by atoms with E-state index in [1.165, 1.54) is 0 Å². The van der Waals surface area contributed by atoms with Crippen LogP contribution in [0.2, 0.25) is 0 Å². The molecule has 0 spiro atoms. The van der Waals surface area contributed by atoms with E-state index in [0.29, 0.717) is 30.0 Å². The van der Waals surface area contributed by atoms with E-state index in [1.807, 2.05) is 6.92 Å². The molecule has 1 unspecified atom stereocenters. The van der Waals surface area contributed by atoms with E-state index in [1.54, 1.807) is 18.2 Å². The molecule has 1 aliphatic rings. The summed E-state index contributed by atoms with van der Waals surface area (Å²) in [6.45, 7) is 1.69. The summed E-state index contributed by atoms with van der Waals surface area (Å²) in [6, 6.07) is 3.29. The van der Waals surface area contributed by atoms with Crippen molar-refractivity contribution in [1.29, 1.82) is 0 Å². The molecule has 1 heterocycles. The van der Waals surface area contributed by atoms with Crippen LogP contribution < -0.4 is 25.4 Å². The van der Waals surface area contributed by atoms with Gasteiger partial charge in [-0.3, -0.25) is 20.2 Å². The summed E-state index contributed by atoms with van der Waals surface area (Å²) in [5.74, 6) is -0.577. The average Bonchev–Trinajstić information content (AvgIpc) is 2.98. The Kier molecular flexibility index (Phi) is 7.96. The van der Waals surface area contributed by atoms with Gasteiger partial charge in [0.15, 0.2) is 11.5 Å². The van der Waals surface area contributed by atoms with Crippen LogP contribution in [0.4, 0.5) is 10.5 Å². The molecule has 1 aromatic carbocycles. The van der Waals surface area contributed by atoms with E-state index in [2.05, 4.69) is 16.0 Å². The van der Waals surface area contributed by atoms with Crippen LogP contribution in [0.25, 0.3) is 0 Å².